The minimum Gasteiger partial charge on any atom is -0.389 e. The van der Waals surface area contributed by atoms with Crippen molar-refractivity contribution in [3.8, 4) is 0 Å². The first-order chi connectivity index (χ1) is 6.22. The van der Waals surface area contributed by atoms with Crippen molar-refractivity contribution in [2.75, 3.05) is 13.6 Å². The zero-order chi connectivity index (χ0) is 9.42. The fraction of sp³-hybridized carbons (Fsp3) is 0.500. The van der Waals surface area contributed by atoms with E-state index in [-0.39, 0.29) is 12.5 Å². The van der Waals surface area contributed by atoms with E-state index in [2.05, 4.69) is 4.98 Å². The van der Waals surface area contributed by atoms with Crippen molar-refractivity contribution in [1.82, 2.24) is 9.88 Å². The molecule has 0 aliphatic carbocycles. The smallest absolute Gasteiger partial charge is 0.265 e. The summed E-state index contributed by atoms with van der Waals surface area (Å²) in [6, 6.07) is 0. The quantitative estimate of drug-likeness (QED) is 0.704. The molecule has 2 heterocycles. The summed E-state index contributed by atoms with van der Waals surface area (Å²) >= 11 is 1.29. The van der Waals surface area contributed by atoms with Crippen molar-refractivity contribution in [2.24, 2.45) is 0 Å². The van der Waals surface area contributed by atoms with E-state index in [4.69, 9.17) is 5.11 Å². The van der Waals surface area contributed by atoms with Crippen LogP contribution >= 0.6 is 11.3 Å². The average Bonchev–Trinajstić information content (AvgIpc) is 2.55. The Kier molecular flexibility index (Phi) is 2.05. The van der Waals surface area contributed by atoms with Gasteiger partial charge in [0.05, 0.1) is 12.3 Å². The number of thiazole rings is 1. The molecule has 0 fully saturated rings. The lowest BCUT2D eigenvalue weighted by Gasteiger charge is -2.20. The molecule has 1 N–H and O–H groups in total. The summed E-state index contributed by atoms with van der Waals surface area (Å²) in [5.41, 5.74) is 0.845. The predicted molar refractivity (Wildman–Crippen MR) is 48.7 cm³/mol. The summed E-state index contributed by atoms with van der Waals surface area (Å²) in [6.07, 6.45) is 0.800. The maximum Gasteiger partial charge on any atom is 0.265 e. The van der Waals surface area contributed by atoms with Gasteiger partial charge in [-0.1, -0.05) is 0 Å². The van der Waals surface area contributed by atoms with E-state index in [1.165, 1.54) is 11.3 Å². The Morgan fingerprint density at radius 3 is 3.15 bits per heavy atom. The van der Waals surface area contributed by atoms with Crippen molar-refractivity contribution in [2.45, 2.75) is 13.0 Å². The van der Waals surface area contributed by atoms with Crippen molar-refractivity contribution in [3.05, 3.63) is 15.6 Å². The van der Waals surface area contributed by atoms with E-state index >= 15 is 0 Å². The number of rotatable bonds is 1. The van der Waals surface area contributed by atoms with E-state index in [0.29, 0.717) is 9.88 Å². The molecular formula is C8H10N2O2S. The average molecular weight is 198 g/mol. The molecule has 1 aromatic heterocycles. The van der Waals surface area contributed by atoms with Crippen LogP contribution in [-0.2, 0) is 13.0 Å². The van der Waals surface area contributed by atoms with Gasteiger partial charge in [0.1, 0.15) is 9.88 Å². The molecule has 0 bridgehead atoms. The molecule has 0 atom stereocenters. The van der Waals surface area contributed by atoms with Gasteiger partial charge < -0.3 is 10.0 Å². The molecule has 1 aliphatic rings. The van der Waals surface area contributed by atoms with Gasteiger partial charge in [-0.2, -0.15) is 0 Å². The molecular weight excluding hydrogens is 188 g/mol. The van der Waals surface area contributed by atoms with Crippen LogP contribution in [0.1, 0.15) is 20.4 Å². The third-order valence-corrected chi connectivity index (χ3v) is 3.17. The summed E-state index contributed by atoms with van der Waals surface area (Å²) in [7, 11) is 1.78. The van der Waals surface area contributed by atoms with Gasteiger partial charge in [-0.15, -0.1) is 11.3 Å². The highest BCUT2D eigenvalue weighted by Gasteiger charge is 2.25. The molecule has 13 heavy (non-hydrogen) atoms. The first kappa shape index (κ1) is 8.65. The number of likely N-dealkylation sites (N-methyl/N-ethyl adjacent to an activating group) is 1. The minimum atomic E-state index is -0.0747. The molecule has 4 nitrogen and oxygen atoms in total. The number of carbonyl (C=O) groups is 1. The Hall–Kier alpha value is -0.940. The van der Waals surface area contributed by atoms with Gasteiger partial charge in [0.2, 0.25) is 0 Å². The zero-order valence-electron chi connectivity index (χ0n) is 7.28. The van der Waals surface area contributed by atoms with Crippen molar-refractivity contribution in [3.63, 3.8) is 0 Å². The number of nitrogens with zero attached hydrogens (tertiary/aromatic N) is 2. The number of hydrogen-bond donors (Lipinski definition) is 1. The van der Waals surface area contributed by atoms with E-state index in [1.54, 1.807) is 11.9 Å². The molecule has 0 unspecified atom stereocenters. The van der Waals surface area contributed by atoms with Gasteiger partial charge in [-0.25, -0.2) is 4.98 Å². The summed E-state index contributed by atoms with van der Waals surface area (Å²) in [4.78, 5) is 18.1. The van der Waals surface area contributed by atoms with Crippen LogP contribution in [0.3, 0.4) is 0 Å². The summed E-state index contributed by atoms with van der Waals surface area (Å²) < 4.78 is 0. The van der Waals surface area contributed by atoms with E-state index in [1.807, 2.05) is 0 Å². The van der Waals surface area contributed by atoms with E-state index in [9.17, 15) is 4.79 Å². The second kappa shape index (κ2) is 3.08. The Labute approximate surface area is 79.8 Å². The number of aliphatic hydroxyl groups is 1. The molecule has 1 amide bonds. The third kappa shape index (κ3) is 1.34. The van der Waals surface area contributed by atoms with Crippen LogP contribution in [0.2, 0.25) is 0 Å². The highest BCUT2D eigenvalue weighted by atomic mass is 32.1. The summed E-state index contributed by atoms with van der Waals surface area (Å²) in [5.74, 6) is 0.0263. The molecule has 0 radical (unpaired) electrons. The normalized spacial score (nSPS) is 16.2. The minimum absolute atomic E-state index is 0.0263. The lowest BCUT2D eigenvalue weighted by Crippen LogP contribution is -2.33. The molecule has 70 valence electrons. The fourth-order valence-corrected chi connectivity index (χ4v) is 2.32. The summed E-state index contributed by atoms with van der Waals surface area (Å²) in [6.45, 7) is 0.648. The third-order valence-electron chi connectivity index (χ3n) is 2.10. The van der Waals surface area contributed by atoms with Gasteiger partial charge in [-0.05, 0) is 0 Å². The fourth-order valence-electron chi connectivity index (χ4n) is 1.35. The van der Waals surface area contributed by atoms with Crippen LogP contribution in [0.15, 0.2) is 0 Å². The molecule has 0 spiro atoms. The number of aromatic nitrogens is 1. The van der Waals surface area contributed by atoms with Crippen molar-refractivity contribution >= 4 is 17.2 Å². The number of carbonyl (C=O) groups excluding carboxylic acids is 1. The van der Waals surface area contributed by atoms with Gasteiger partial charge in [0, 0.05) is 20.0 Å². The molecule has 0 saturated heterocycles. The molecule has 1 aliphatic heterocycles. The summed E-state index contributed by atoms with van der Waals surface area (Å²) in [5, 5.41) is 9.50. The molecule has 0 saturated carbocycles. The first-order valence-corrected chi connectivity index (χ1v) is 4.89. The molecule has 2 rings (SSSR count). The number of amides is 1. The van der Waals surface area contributed by atoms with Crippen LogP contribution < -0.4 is 0 Å². The van der Waals surface area contributed by atoms with Crippen LogP contribution in [0.5, 0.6) is 0 Å². The van der Waals surface area contributed by atoms with Gasteiger partial charge in [0.25, 0.3) is 5.91 Å². The molecule has 1 aromatic rings. The lowest BCUT2D eigenvalue weighted by molar-refractivity contribution is 0.0785. The molecule has 0 aromatic carbocycles. The topological polar surface area (TPSA) is 53.4 Å². The number of aliphatic hydroxyl groups excluding tert-OH is 1. The Balaban J connectivity index is 2.42. The van der Waals surface area contributed by atoms with Gasteiger partial charge in [0.15, 0.2) is 0 Å². The van der Waals surface area contributed by atoms with Gasteiger partial charge in [-0.3, -0.25) is 4.79 Å². The van der Waals surface area contributed by atoms with Crippen LogP contribution in [0.25, 0.3) is 0 Å². The first-order valence-electron chi connectivity index (χ1n) is 4.07. The molecule has 5 heteroatoms. The maximum absolute atomic E-state index is 11.6. The predicted octanol–water partition coefficient (Wildman–Crippen LogP) is 0.263. The lowest BCUT2D eigenvalue weighted by atomic mass is 10.2. The van der Waals surface area contributed by atoms with E-state index in [0.717, 1.165) is 18.7 Å². The second-order valence-electron chi connectivity index (χ2n) is 3.02. The van der Waals surface area contributed by atoms with Gasteiger partial charge >= 0.3 is 0 Å². The van der Waals surface area contributed by atoms with Crippen LogP contribution in [0.4, 0.5) is 0 Å². The van der Waals surface area contributed by atoms with E-state index < -0.39 is 0 Å². The van der Waals surface area contributed by atoms with Crippen molar-refractivity contribution < 1.29 is 9.90 Å². The van der Waals surface area contributed by atoms with Crippen LogP contribution in [-0.4, -0.2) is 34.5 Å². The number of hydrogen-bond acceptors (Lipinski definition) is 4. The van der Waals surface area contributed by atoms with Crippen LogP contribution in [0, 0.1) is 0 Å². The SMILES string of the molecule is CN1CCc2nc(CO)sc2C1=O. The maximum atomic E-state index is 11.6. The standard InChI is InChI=1S/C8H10N2O2S/c1-10-3-2-5-7(8(10)12)13-6(4-11)9-5/h11H,2-4H2,1H3. The Bertz CT molecular complexity index is 348. The highest BCUT2D eigenvalue weighted by Crippen LogP contribution is 2.24. The zero-order valence-corrected chi connectivity index (χ0v) is 8.10. The van der Waals surface area contributed by atoms with Crippen molar-refractivity contribution in [1.29, 1.82) is 0 Å². The highest BCUT2D eigenvalue weighted by molar-refractivity contribution is 7.13. The largest absolute Gasteiger partial charge is 0.389 e. The Morgan fingerprint density at radius 2 is 2.46 bits per heavy atom. The second-order valence-corrected chi connectivity index (χ2v) is 4.10. The number of fused-ring (bicyclic) bond motifs is 1. The monoisotopic (exact) mass is 198 g/mol. The Morgan fingerprint density at radius 1 is 1.69 bits per heavy atom.